The number of carboxylic acid groups (broad SMARTS) is 2. The number of benzene rings is 5. The van der Waals surface area contributed by atoms with Gasteiger partial charge >= 0.3 is 11.9 Å². The van der Waals surface area contributed by atoms with E-state index in [4.69, 9.17) is 69.5 Å². The molecule has 0 heterocycles. The number of carbonyl (C=O) groups is 4. The normalized spacial score (nSPS) is 11.7. The maximum absolute atomic E-state index is 12.8. The number of rotatable bonds is 4. The number of halogens is 5. The van der Waals surface area contributed by atoms with Gasteiger partial charge in [0.05, 0.1) is 47.4 Å². The Kier molecular flexibility index (Phi) is 5.74. The summed E-state index contributed by atoms with van der Waals surface area (Å²) < 4.78 is 0. The maximum Gasteiger partial charge on any atom is 0.337 e. The number of carboxylic acids is 2. The SMILES string of the molecule is NC(=O)c1c(C(=O)O)c2c(C(=O)O)c(Cl)c(Cl)c3c4c(Cl)c(Cl)c(Cl)c5cccc(c(c1C(N)=O)c23)c54. The largest absolute Gasteiger partial charge is 0.478 e. The molecule has 37 heavy (non-hydrogen) atoms. The van der Waals surface area contributed by atoms with E-state index in [-0.39, 0.29) is 47.0 Å². The molecule has 0 spiro atoms. The lowest BCUT2D eigenvalue weighted by molar-refractivity contribution is 0.0693. The number of amides is 2. The van der Waals surface area contributed by atoms with Crippen LogP contribution in [0.4, 0.5) is 0 Å². The zero-order valence-corrected chi connectivity index (χ0v) is 21.6. The van der Waals surface area contributed by atoms with Crippen molar-refractivity contribution < 1.29 is 29.4 Å². The average Bonchev–Trinajstić information content (AvgIpc) is 2.82. The Hall–Kier alpha value is -3.27. The third-order valence-electron chi connectivity index (χ3n) is 6.23. The first-order valence-corrected chi connectivity index (χ1v) is 11.9. The van der Waals surface area contributed by atoms with Gasteiger partial charge in [-0.2, -0.15) is 0 Å². The van der Waals surface area contributed by atoms with Crippen LogP contribution in [-0.4, -0.2) is 34.0 Å². The van der Waals surface area contributed by atoms with Gasteiger partial charge in [-0.15, -0.1) is 0 Å². The van der Waals surface area contributed by atoms with Crippen LogP contribution in [0.1, 0.15) is 41.4 Å². The molecule has 0 unspecified atom stereocenters. The molecule has 8 nitrogen and oxygen atoms in total. The zero-order valence-electron chi connectivity index (χ0n) is 17.8. The van der Waals surface area contributed by atoms with E-state index in [9.17, 15) is 29.4 Å². The number of fused-ring (bicyclic) bond motifs is 2. The van der Waals surface area contributed by atoms with Gasteiger partial charge in [-0.3, -0.25) is 9.59 Å². The van der Waals surface area contributed by atoms with Gasteiger partial charge in [0.2, 0.25) is 11.8 Å². The summed E-state index contributed by atoms with van der Waals surface area (Å²) in [6.45, 7) is 0. The summed E-state index contributed by atoms with van der Waals surface area (Å²) in [7, 11) is 0. The first kappa shape index (κ1) is 25.4. The molecule has 0 aliphatic rings. The minimum absolute atomic E-state index is 0.0186. The second-order valence-electron chi connectivity index (χ2n) is 8.01. The van der Waals surface area contributed by atoms with Crippen LogP contribution >= 0.6 is 58.0 Å². The summed E-state index contributed by atoms with van der Waals surface area (Å²) in [5.41, 5.74) is 8.26. The Bertz CT molecular complexity index is 1950. The van der Waals surface area contributed by atoms with E-state index in [0.717, 1.165) is 0 Å². The van der Waals surface area contributed by atoms with Crippen LogP contribution in [0.15, 0.2) is 18.2 Å². The van der Waals surface area contributed by atoms with E-state index in [1.807, 2.05) is 0 Å². The highest BCUT2D eigenvalue weighted by molar-refractivity contribution is 6.59. The van der Waals surface area contributed by atoms with Gasteiger partial charge in [0.1, 0.15) is 0 Å². The standard InChI is InChI=1S/C24H9Cl5N2O6/c25-16-5-3-1-2-4-6(5)10(18(27)20(16)29)11-8-7(4)12(21(30)32)13(22(31)33)14(23(34)35)9(8)15(24(36)37)19(28)17(11)26/h1-3H,(H2,30,32)(H2,31,33)(H,34,35)(H,36,37). The fraction of sp³-hybridized carbons (Fsp3) is 0. The van der Waals surface area contributed by atoms with E-state index >= 15 is 0 Å². The summed E-state index contributed by atoms with van der Waals surface area (Å²) in [5, 5.41) is 19.6. The number of aromatic carboxylic acids is 2. The molecule has 0 fully saturated rings. The van der Waals surface area contributed by atoms with Gasteiger partial charge in [-0.1, -0.05) is 76.2 Å². The summed E-state index contributed by atoms with van der Waals surface area (Å²) in [4.78, 5) is 50.4. The fourth-order valence-corrected chi connectivity index (χ4v) is 6.32. The van der Waals surface area contributed by atoms with Gasteiger partial charge in [0.25, 0.3) is 0 Å². The number of hydrogen-bond donors (Lipinski definition) is 4. The second-order valence-corrected chi connectivity index (χ2v) is 9.90. The molecule has 13 heteroatoms. The van der Waals surface area contributed by atoms with Gasteiger partial charge in [0, 0.05) is 37.7 Å². The van der Waals surface area contributed by atoms with Crippen LogP contribution in [0.2, 0.25) is 25.1 Å². The van der Waals surface area contributed by atoms with E-state index in [2.05, 4.69) is 0 Å². The monoisotopic (exact) mass is 596 g/mol. The molecular formula is C24H9Cl5N2O6. The summed E-state index contributed by atoms with van der Waals surface area (Å²) in [5.74, 6) is -5.95. The van der Waals surface area contributed by atoms with Crippen molar-refractivity contribution >= 4 is 125 Å². The highest BCUT2D eigenvalue weighted by Gasteiger charge is 2.35. The van der Waals surface area contributed by atoms with Crippen molar-refractivity contribution in [1.29, 1.82) is 0 Å². The lowest BCUT2D eigenvalue weighted by atomic mass is 9.81. The number of primary amides is 2. The number of carbonyl (C=O) groups excluding carboxylic acids is 2. The Labute approximate surface area is 230 Å². The molecule has 0 saturated carbocycles. The number of nitrogens with two attached hydrogens (primary N) is 2. The molecule has 2 amide bonds. The van der Waals surface area contributed by atoms with Crippen LogP contribution in [0.5, 0.6) is 0 Å². The molecule has 186 valence electrons. The van der Waals surface area contributed by atoms with Crippen molar-refractivity contribution in [3.63, 3.8) is 0 Å². The third kappa shape index (κ3) is 3.17. The highest BCUT2D eigenvalue weighted by Crippen LogP contribution is 2.54. The van der Waals surface area contributed by atoms with Crippen LogP contribution in [0, 0.1) is 0 Å². The Balaban J connectivity index is 2.44. The molecule has 0 saturated heterocycles. The van der Waals surface area contributed by atoms with Crippen LogP contribution in [-0.2, 0) is 0 Å². The van der Waals surface area contributed by atoms with Crippen molar-refractivity contribution in [3.8, 4) is 0 Å². The topological polar surface area (TPSA) is 161 Å². The minimum atomic E-state index is -1.76. The molecule has 0 aliphatic heterocycles. The molecule has 6 N–H and O–H groups in total. The van der Waals surface area contributed by atoms with Crippen molar-refractivity contribution in [2.75, 3.05) is 0 Å². The van der Waals surface area contributed by atoms with E-state index in [1.165, 1.54) is 6.07 Å². The first-order valence-electron chi connectivity index (χ1n) is 10.0. The summed E-state index contributed by atoms with van der Waals surface area (Å²) in [6.07, 6.45) is 0. The number of hydrogen-bond acceptors (Lipinski definition) is 4. The molecule has 0 radical (unpaired) electrons. The van der Waals surface area contributed by atoms with Crippen molar-refractivity contribution in [3.05, 3.63) is 65.6 Å². The smallest absolute Gasteiger partial charge is 0.337 e. The van der Waals surface area contributed by atoms with Gasteiger partial charge in [-0.05, 0) is 5.39 Å². The summed E-state index contributed by atoms with van der Waals surface area (Å²) in [6, 6.07) is 4.70. The van der Waals surface area contributed by atoms with Gasteiger partial charge in [-0.25, -0.2) is 9.59 Å². The molecule has 0 aliphatic carbocycles. The van der Waals surface area contributed by atoms with Crippen LogP contribution in [0.25, 0.3) is 43.1 Å². The third-order valence-corrected chi connectivity index (χ3v) is 8.42. The average molecular weight is 599 g/mol. The first-order chi connectivity index (χ1) is 17.3. The van der Waals surface area contributed by atoms with Crippen molar-refractivity contribution in [2.24, 2.45) is 11.5 Å². The Morgan fingerprint density at radius 3 is 1.57 bits per heavy atom. The summed E-state index contributed by atoms with van der Waals surface area (Å²) >= 11 is 32.6. The Morgan fingerprint density at radius 2 is 1.03 bits per heavy atom. The van der Waals surface area contributed by atoms with Crippen LogP contribution < -0.4 is 11.5 Å². The predicted octanol–water partition coefficient (Wildman–Crippen LogP) is 6.60. The lowest BCUT2D eigenvalue weighted by Gasteiger charge is -2.23. The molecular weight excluding hydrogens is 590 g/mol. The van der Waals surface area contributed by atoms with Crippen LogP contribution in [0.3, 0.4) is 0 Å². The molecule has 0 atom stereocenters. The van der Waals surface area contributed by atoms with Gasteiger partial charge in [0.15, 0.2) is 0 Å². The predicted molar refractivity (Wildman–Crippen MR) is 144 cm³/mol. The molecule has 5 aromatic rings. The highest BCUT2D eigenvalue weighted by atomic mass is 35.5. The van der Waals surface area contributed by atoms with E-state index in [0.29, 0.717) is 10.8 Å². The zero-order chi connectivity index (χ0) is 27.2. The Morgan fingerprint density at radius 1 is 0.514 bits per heavy atom. The lowest BCUT2D eigenvalue weighted by Crippen LogP contribution is -2.25. The van der Waals surface area contributed by atoms with E-state index < -0.39 is 56.4 Å². The minimum Gasteiger partial charge on any atom is -0.478 e. The van der Waals surface area contributed by atoms with Crippen molar-refractivity contribution in [2.45, 2.75) is 0 Å². The fourth-order valence-electron chi connectivity index (χ4n) is 4.98. The second kappa shape index (κ2) is 8.37. The maximum atomic E-state index is 12.8. The quantitative estimate of drug-likeness (QED) is 0.104. The van der Waals surface area contributed by atoms with E-state index in [1.54, 1.807) is 12.1 Å². The van der Waals surface area contributed by atoms with Gasteiger partial charge < -0.3 is 21.7 Å². The molecule has 0 aromatic heterocycles. The molecule has 5 rings (SSSR count). The van der Waals surface area contributed by atoms with Crippen molar-refractivity contribution in [1.82, 2.24) is 0 Å². The molecule has 5 aromatic carbocycles. The molecule has 0 bridgehead atoms.